The molecule has 0 saturated heterocycles. The van der Waals surface area contributed by atoms with Crippen LogP contribution in [-0.2, 0) is 9.59 Å². The molecule has 0 radical (unpaired) electrons. The summed E-state index contributed by atoms with van der Waals surface area (Å²) in [6.07, 6.45) is 0. The second kappa shape index (κ2) is 7.13. The number of hydrogen-bond donors (Lipinski definition) is 3. The Morgan fingerprint density at radius 1 is 0.870 bits per heavy atom. The van der Waals surface area contributed by atoms with E-state index in [9.17, 15) is 14.4 Å². The summed E-state index contributed by atoms with van der Waals surface area (Å²) in [5.74, 6) is -2.62. The monoisotopic (exact) mass is 351 g/mol. The van der Waals surface area contributed by atoms with E-state index >= 15 is 0 Å². The van der Waals surface area contributed by atoms with Crippen molar-refractivity contribution in [2.45, 2.75) is 0 Å². The van der Waals surface area contributed by atoms with E-state index in [1.165, 1.54) is 30.3 Å². The van der Waals surface area contributed by atoms with Crippen molar-refractivity contribution < 1.29 is 14.4 Å². The average molecular weight is 352 g/mol. The highest BCUT2D eigenvalue weighted by Crippen LogP contribution is 2.22. The molecule has 4 N–H and O–H groups in total. The topological polar surface area (TPSA) is 101 Å². The van der Waals surface area contributed by atoms with Gasteiger partial charge in [0.2, 0.25) is 0 Å². The summed E-state index contributed by atoms with van der Waals surface area (Å²) in [5, 5.41) is 5.30. The number of hydrogen-bond acceptors (Lipinski definition) is 3. The molecule has 8 heteroatoms. The van der Waals surface area contributed by atoms with E-state index in [4.69, 9.17) is 28.9 Å². The molecule has 3 amide bonds. The van der Waals surface area contributed by atoms with Crippen molar-refractivity contribution in [2.75, 3.05) is 10.6 Å². The fourth-order valence-electron chi connectivity index (χ4n) is 1.80. The minimum atomic E-state index is -0.963. The van der Waals surface area contributed by atoms with Gasteiger partial charge in [0.15, 0.2) is 0 Å². The van der Waals surface area contributed by atoms with Gasteiger partial charge in [-0.15, -0.1) is 0 Å². The van der Waals surface area contributed by atoms with E-state index in [-0.39, 0.29) is 16.9 Å². The standard InChI is InChI=1S/C15H11Cl2N3O3/c16-8-5-9(17)7-10(6-8)19-14(22)15(23)20-12-4-2-1-3-11(12)13(18)21/h1-7H,(H2,18,21)(H,19,22)(H,20,23). The largest absolute Gasteiger partial charge is 0.366 e. The molecule has 0 aliphatic rings. The Balaban J connectivity index is 2.12. The van der Waals surface area contributed by atoms with E-state index in [1.807, 2.05) is 0 Å². The number of carbonyl (C=O) groups is 3. The van der Waals surface area contributed by atoms with Gasteiger partial charge in [-0.3, -0.25) is 14.4 Å². The van der Waals surface area contributed by atoms with E-state index in [0.29, 0.717) is 10.0 Å². The molecule has 0 heterocycles. The highest BCUT2D eigenvalue weighted by atomic mass is 35.5. The third-order valence-corrected chi connectivity index (χ3v) is 3.20. The van der Waals surface area contributed by atoms with E-state index in [2.05, 4.69) is 10.6 Å². The van der Waals surface area contributed by atoms with Crippen LogP contribution in [0.1, 0.15) is 10.4 Å². The molecule has 118 valence electrons. The molecule has 23 heavy (non-hydrogen) atoms. The summed E-state index contributed by atoms with van der Waals surface area (Å²) in [4.78, 5) is 35.1. The zero-order valence-electron chi connectivity index (χ0n) is 11.6. The van der Waals surface area contributed by atoms with Crippen molar-refractivity contribution in [2.24, 2.45) is 5.73 Å². The fourth-order valence-corrected chi connectivity index (χ4v) is 2.33. The van der Waals surface area contributed by atoms with Crippen LogP contribution >= 0.6 is 23.2 Å². The lowest BCUT2D eigenvalue weighted by atomic mass is 10.1. The molecule has 2 aromatic carbocycles. The summed E-state index contributed by atoms with van der Waals surface area (Å²) in [6.45, 7) is 0. The van der Waals surface area contributed by atoms with Gasteiger partial charge in [-0.25, -0.2) is 0 Å². The van der Waals surface area contributed by atoms with Crippen molar-refractivity contribution in [1.29, 1.82) is 0 Å². The normalized spacial score (nSPS) is 10.0. The molecule has 0 aliphatic heterocycles. The molecule has 0 aliphatic carbocycles. The summed E-state index contributed by atoms with van der Waals surface area (Å²) in [7, 11) is 0. The van der Waals surface area contributed by atoms with Gasteiger partial charge >= 0.3 is 11.8 Å². The first-order valence-electron chi connectivity index (χ1n) is 6.34. The quantitative estimate of drug-likeness (QED) is 0.740. The minimum absolute atomic E-state index is 0.0967. The first kappa shape index (κ1) is 16.8. The molecular formula is C15H11Cl2N3O3. The van der Waals surface area contributed by atoms with Crippen molar-refractivity contribution >= 4 is 52.3 Å². The van der Waals surface area contributed by atoms with Crippen molar-refractivity contribution in [3.8, 4) is 0 Å². The third-order valence-electron chi connectivity index (χ3n) is 2.77. The SMILES string of the molecule is NC(=O)c1ccccc1NC(=O)C(=O)Nc1cc(Cl)cc(Cl)c1. The molecular weight excluding hydrogens is 341 g/mol. The average Bonchev–Trinajstić information content (AvgIpc) is 2.46. The number of anilines is 2. The first-order chi connectivity index (χ1) is 10.9. The van der Waals surface area contributed by atoms with Gasteiger partial charge in [0.25, 0.3) is 5.91 Å². The number of para-hydroxylation sites is 1. The Morgan fingerprint density at radius 2 is 1.43 bits per heavy atom. The first-order valence-corrected chi connectivity index (χ1v) is 7.09. The van der Waals surface area contributed by atoms with Gasteiger partial charge in [-0.05, 0) is 30.3 Å². The number of amides is 3. The number of halogens is 2. The van der Waals surface area contributed by atoms with Crippen LogP contribution in [0.2, 0.25) is 10.0 Å². The summed E-state index contributed by atoms with van der Waals surface area (Å²) < 4.78 is 0. The Morgan fingerprint density at radius 3 is 2.04 bits per heavy atom. The van der Waals surface area contributed by atoms with Crippen LogP contribution in [0.15, 0.2) is 42.5 Å². The number of benzene rings is 2. The predicted octanol–water partition coefficient (Wildman–Crippen LogP) is 2.67. The fraction of sp³-hybridized carbons (Fsp3) is 0. The number of rotatable bonds is 3. The van der Waals surface area contributed by atoms with Crippen LogP contribution in [-0.4, -0.2) is 17.7 Å². The molecule has 0 bridgehead atoms. The minimum Gasteiger partial charge on any atom is -0.366 e. The zero-order valence-corrected chi connectivity index (χ0v) is 13.1. The Bertz CT molecular complexity index is 773. The van der Waals surface area contributed by atoms with E-state index in [1.54, 1.807) is 12.1 Å². The smallest absolute Gasteiger partial charge is 0.314 e. The van der Waals surface area contributed by atoms with E-state index < -0.39 is 17.7 Å². The van der Waals surface area contributed by atoms with Crippen molar-refractivity contribution in [3.05, 3.63) is 58.1 Å². The summed E-state index contributed by atoms with van der Waals surface area (Å²) in [6, 6.07) is 10.4. The van der Waals surface area contributed by atoms with Gasteiger partial charge in [0, 0.05) is 15.7 Å². The van der Waals surface area contributed by atoms with Crippen LogP contribution in [0.3, 0.4) is 0 Å². The molecule has 0 atom stereocenters. The third kappa shape index (κ3) is 4.45. The van der Waals surface area contributed by atoms with Crippen LogP contribution < -0.4 is 16.4 Å². The molecule has 0 fully saturated rings. The summed E-state index contributed by atoms with van der Waals surface area (Å²) in [5.41, 5.74) is 5.71. The Kier molecular flexibility index (Phi) is 5.20. The molecule has 2 rings (SSSR count). The lowest BCUT2D eigenvalue weighted by Crippen LogP contribution is -2.30. The number of nitrogens with two attached hydrogens (primary N) is 1. The number of primary amides is 1. The lowest BCUT2D eigenvalue weighted by molar-refractivity contribution is -0.133. The molecule has 0 aromatic heterocycles. The molecule has 6 nitrogen and oxygen atoms in total. The molecule has 2 aromatic rings. The maximum Gasteiger partial charge on any atom is 0.314 e. The molecule has 0 unspecified atom stereocenters. The van der Waals surface area contributed by atoms with Crippen LogP contribution in [0.5, 0.6) is 0 Å². The van der Waals surface area contributed by atoms with Crippen molar-refractivity contribution in [3.63, 3.8) is 0 Å². The highest BCUT2D eigenvalue weighted by molar-refractivity contribution is 6.44. The second-order valence-electron chi connectivity index (χ2n) is 4.48. The zero-order chi connectivity index (χ0) is 17.0. The Hall–Kier alpha value is -2.57. The molecule has 0 saturated carbocycles. The second-order valence-corrected chi connectivity index (χ2v) is 5.35. The van der Waals surface area contributed by atoms with Crippen LogP contribution in [0.25, 0.3) is 0 Å². The summed E-state index contributed by atoms with van der Waals surface area (Å²) >= 11 is 11.6. The van der Waals surface area contributed by atoms with Gasteiger partial charge in [0.05, 0.1) is 11.3 Å². The van der Waals surface area contributed by atoms with Gasteiger partial charge in [-0.1, -0.05) is 35.3 Å². The van der Waals surface area contributed by atoms with Gasteiger partial charge < -0.3 is 16.4 Å². The Labute approximate surface area is 141 Å². The number of carbonyl (C=O) groups excluding carboxylic acids is 3. The lowest BCUT2D eigenvalue weighted by Gasteiger charge is -2.09. The van der Waals surface area contributed by atoms with Crippen LogP contribution in [0.4, 0.5) is 11.4 Å². The van der Waals surface area contributed by atoms with Crippen LogP contribution in [0, 0.1) is 0 Å². The van der Waals surface area contributed by atoms with Gasteiger partial charge in [0.1, 0.15) is 0 Å². The highest BCUT2D eigenvalue weighted by Gasteiger charge is 2.17. The maximum absolute atomic E-state index is 11.9. The van der Waals surface area contributed by atoms with Gasteiger partial charge in [-0.2, -0.15) is 0 Å². The molecule has 0 spiro atoms. The van der Waals surface area contributed by atoms with E-state index in [0.717, 1.165) is 0 Å². The maximum atomic E-state index is 11.9. The predicted molar refractivity (Wildman–Crippen MR) is 88.7 cm³/mol. The van der Waals surface area contributed by atoms with Crippen molar-refractivity contribution in [1.82, 2.24) is 0 Å². The number of nitrogens with one attached hydrogen (secondary N) is 2.